The number of rotatable bonds is 5. The summed E-state index contributed by atoms with van der Waals surface area (Å²) in [4.78, 5) is 11.4. The van der Waals surface area contributed by atoms with Crippen molar-refractivity contribution in [2.24, 2.45) is 0 Å². The summed E-state index contributed by atoms with van der Waals surface area (Å²) in [5, 5.41) is 26.9. The molecule has 4 heteroatoms. The molecule has 4 nitrogen and oxygen atoms in total. The molecular weight excluding hydrogens is 196 g/mol. The summed E-state index contributed by atoms with van der Waals surface area (Å²) in [6.07, 6.45) is -2.87. The molecule has 0 fully saturated rings. The van der Waals surface area contributed by atoms with Crippen LogP contribution in [-0.4, -0.2) is 39.9 Å². The molecule has 0 radical (unpaired) electrons. The van der Waals surface area contributed by atoms with Gasteiger partial charge in [0.2, 0.25) is 0 Å². The molecule has 0 aliphatic rings. The smallest absolute Gasteiger partial charge is 0.168 e. The Morgan fingerprint density at radius 3 is 2.33 bits per heavy atom. The molecular formula is C11H14O4. The second-order valence-corrected chi connectivity index (χ2v) is 3.32. The molecule has 1 rings (SSSR count). The van der Waals surface area contributed by atoms with Crippen molar-refractivity contribution in [3.05, 3.63) is 35.9 Å². The average Bonchev–Trinajstić information content (AvgIpc) is 2.28. The lowest BCUT2D eigenvalue weighted by Gasteiger charge is -2.13. The molecule has 3 N–H and O–H groups in total. The minimum Gasteiger partial charge on any atom is -0.394 e. The van der Waals surface area contributed by atoms with Crippen LogP contribution >= 0.6 is 0 Å². The SMILES string of the molecule is O=C(Cc1ccccc1)[C@@H](O)[C@@H](O)CO. The highest BCUT2D eigenvalue weighted by Crippen LogP contribution is 2.04. The van der Waals surface area contributed by atoms with E-state index in [1.165, 1.54) is 0 Å². The summed E-state index contributed by atoms with van der Waals surface area (Å²) >= 11 is 0. The second-order valence-electron chi connectivity index (χ2n) is 3.32. The monoisotopic (exact) mass is 210 g/mol. The first-order chi connectivity index (χ1) is 7.15. The Bertz CT molecular complexity index is 310. The van der Waals surface area contributed by atoms with Crippen LogP contribution in [0.5, 0.6) is 0 Å². The molecule has 0 unspecified atom stereocenters. The zero-order chi connectivity index (χ0) is 11.3. The molecule has 2 atom stereocenters. The maximum absolute atomic E-state index is 11.4. The first-order valence-corrected chi connectivity index (χ1v) is 4.68. The molecule has 15 heavy (non-hydrogen) atoms. The van der Waals surface area contributed by atoms with E-state index < -0.39 is 24.6 Å². The predicted molar refractivity (Wildman–Crippen MR) is 54.3 cm³/mol. The van der Waals surface area contributed by atoms with Gasteiger partial charge in [0.25, 0.3) is 0 Å². The second kappa shape index (κ2) is 5.60. The Kier molecular flexibility index (Phi) is 4.42. The summed E-state index contributed by atoms with van der Waals surface area (Å²) in [6, 6.07) is 8.92. The summed E-state index contributed by atoms with van der Waals surface area (Å²) < 4.78 is 0. The quantitative estimate of drug-likeness (QED) is 0.613. The van der Waals surface area contributed by atoms with Crippen LogP contribution in [0.15, 0.2) is 30.3 Å². The number of carbonyl (C=O) groups excluding carboxylic acids is 1. The zero-order valence-electron chi connectivity index (χ0n) is 8.21. The van der Waals surface area contributed by atoms with Gasteiger partial charge >= 0.3 is 0 Å². The molecule has 0 aromatic heterocycles. The number of Topliss-reactive ketones (excluding diaryl/α,β-unsaturated/α-hetero) is 1. The molecule has 0 heterocycles. The van der Waals surface area contributed by atoms with Gasteiger partial charge in [-0.2, -0.15) is 0 Å². The van der Waals surface area contributed by atoms with E-state index in [-0.39, 0.29) is 6.42 Å². The highest BCUT2D eigenvalue weighted by Gasteiger charge is 2.23. The van der Waals surface area contributed by atoms with Gasteiger partial charge in [-0.25, -0.2) is 0 Å². The fourth-order valence-electron chi connectivity index (χ4n) is 1.22. The molecule has 0 bridgehead atoms. The third-order valence-electron chi connectivity index (χ3n) is 2.10. The van der Waals surface area contributed by atoms with Crippen LogP contribution in [0.1, 0.15) is 5.56 Å². The average molecular weight is 210 g/mol. The Morgan fingerprint density at radius 1 is 1.20 bits per heavy atom. The topological polar surface area (TPSA) is 77.8 Å². The number of hydrogen-bond acceptors (Lipinski definition) is 4. The van der Waals surface area contributed by atoms with Gasteiger partial charge in [0.1, 0.15) is 12.2 Å². The summed E-state index contributed by atoms with van der Waals surface area (Å²) in [6.45, 7) is -0.623. The maximum atomic E-state index is 11.4. The molecule has 1 aromatic carbocycles. The van der Waals surface area contributed by atoms with E-state index in [4.69, 9.17) is 10.2 Å². The molecule has 0 saturated heterocycles. The van der Waals surface area contributed by atoms with E-state index >= 15 is 0 Å². The van der Waals surface area contributed by atoms with E-state index in [1.54, 1.807) is 24.3 Å². The van der Waals surface area contributed by atoms with Crippen LogP contribution in [0.3, 0.4) is 0 Å². The summed E-state index contributed by atoms with van der Waals surface area (Å²) in [5.41, 5.74) is 0.770. The number of benzene rings is 1. The maximum Gasteiger partial charge on any atom is 0.168 e. The van der Waals surface area contributed by atoms with Crippen molar-refractivity contribution in [1.29, 1.82) is 0 Å². The Balaban J connectivity index is 2.56. The van der Waals surface area contributed by atoms with Gasteiger partial charge in [-0.1, -0.05) is 30.3 Å². The molecule has 0 amide bonds. The number of hydrogen-bond donors (Lipinski definition) is 3. The van der Waals surface area contributed by atoms with Gasteiger partial charge in [-0.3, -0.25) is 4.79 Å². The highest BCUT2D eigenvalue weighted by molar-refractivity contribution is 5.85. The number of carbonyl (C=O) groups is 1. The lowest BCUT2D eigenvalue weighted by atomic mass is 10.0. The van der Waals surface area contributed by atoms with Gasteiger partial charge < -0.3 is 15.3 Å². The molecule has 0 saturated carbocycles. The highest BCUT2D eigenvalue weighted by atomic mass is 16.4. The molecule has 1 aromatic rings. The molecule has 0 aliphatic heterocycles. The van der Waals surface area contributed by atoms with Crippen molar-refractivity contribution < 1.29 is 20.1 Å². The molecule has 0 spiro atoms. The first-order valence-electron chi connectivity index (χ1n) is 4.68. The van der Waals surface area contributed by atoms with E-state index in [2.05, 4.69) is 0 Å². The van der Waals surface area contributed by atoms with Crippen molar-refractivity contribution >= 4 is 5.78 Å². The standard InChI is InChI=1S/C11H14O4/c12-7-10(14)11(15)9(13)6-8-4-2-1-3-5-8/h1-5,10-12,14-15H,6-7H2/t10-,11+/m0/s1. The van der Waals surface area contributed by atoms with Gasteiger partial charge in [0.05, 0.1) is 6.61 Å². The number of aliphatic hydroxyl groups is 3. The van der Waals surface area contributed by atoms with Crippen LogP contribution in [0.25, 0.3) is 0 Å². The number of aliphatic hydroxyl groups excluding tert-OH is 3. The van der Waals surface area contributed by atoms with Crippen molar-refractivity contribution in [2.45, 2.75) is 18.6 Å². The van der Waals surface area contributed by atoms with Gasteiger partial charge in [-0.15, -0.1) is 0 Å². The van der Waals surface area contributed by atoms with E-state index in [9.17, 15) is 9.90 Å². The fourth-order valence-corrected chi connectivity index (χ4v) is 1.22. The normalized spacial score (nSPS) is 14.6. The van der Waals surface area contributed by atoms with Gasteiger partial charge in [0, 0.05) is 6.42 Å². The Hall–Kier alpha value is -1.23. The van der Waals surface area contributed by atoms with Crippen LogP contribution in [0.2, 0.25) is 0 Å². The lowest BCUT2D eigenvalue weighted by molar-refractivity contribution is -0.133. The fraction of sp³-hybridized carbons (Fsp3) is 0.364. The summed E-state index contributed by atoms with van der Waals surface area (Å²) in [7, 11) is 0. The first kappa shape index (κ1) is 11.8. The lowest BCUT2D eigenvalue weighted by Crippen LogP contribution is -2.37. The summed E-state index contributed by atoms with van der Waals surface area (Å²) in [5.74, 6) is -0.497. The Labute approximate surface area is 87.8 Å². The van der Waals surface area contributed by atoms with Crippen LogP contribution < -0.4 is 0 Å². The third kappa shape index (κ3) is 3.43. The number of ketones is 1. The predicted octanol–water partition coefficient (Wildman–Crippen LogP) is -0.488. The van der Waals surface area contributed by atoms with Crippen molar-refractivity contribution in [3.63, 3.8) is 0 Å². The van der Waals surface area contributed by atoms with Crippen LogP contribution in [0.4, 0.5) is 0 Å². The minimum atomic E-state index is -1.52. The van der Waals surface area contributed by atoms with Crippen molar-refractivity contribution in [3.8, 4) is 0 Å². The zero-order valence-corrected chi connectivity index (χ0v) is 8.21. The largest absolute Gasteiger partial charge is 0.394 e. The van der Waals surface area contributed by atoms with Crippen molar-refractivity contribution in [2.75, 3.05) is 6.61 Å². The Morgan fingerprint density at radius 2 is 1.80 bits per heavy atom. The minimum absolute atomic E-state index is 0.0546. The van der Waals surface area contributed by atoms with Gasteiger partial charge in [0.15, 0.2) is 5.78 Å². The molecule has 0 aliphatic carbocycles. The van der Waals surface area contributed by atoms with E-state index in [0.29, 0.717) is 0 Å². The van der Waals surface area contributed by atoms with Crippen molar-refractivity contribution in [1.82, 2.24) is 0 Å². The molecule has 82 valence electrons. The van der Waals surface area contributed by atoms with E-state index in [1.807, 2.05) is 6.07 Å². The van der Waals surface area contributed by atoms with Crippen LogP contribution in [0, 0.1) is 0 Å². The van der Waals surface area contributed by atoms with E-state index in [0.717, 1.165) is 5.56 Å². The third-order valence-corrected chi connectivity index (χ3v) is 2.10. The van der Waals surface area contributed by atoms with Crippen LogP contribution in [-0.2, 0) is 11.2 Å². The van der Waals surface area contributed by atoms with Gasteiger partial charge in [-0.05, 0) is 5.56 Å².